The summed E-state index contributed by atoms with van der Waals surface area (Å²) in [5.74, 6) is 0.962. The summed E-state index contributed by atoms with van der Waals surface area (Å²) >= 11 is 0. The minimum atomic E-state index is 0.609. The number of ether oxygens (including phenoxy) is 2. The van der Waals surface area contributed by atoms with Crippen molar-refractivity contribution in [1.82, 2.24) is 5.32 Å². The lowest BCUT2D eigenvalue weighted by Crippen LogP contribution is -2.15. The third-order valence-electron chi connectivity index (χ3n) is 2.65. The predicted octanol–water partition coefficient (Wildman–Crippen LogP) is 2.91. The molecule has 0 aromatic heterocycles. The molecular weight excluding hydrogens is 226 g/mol. The van der Waals surface area contributed by atoms with Gasteiger partial charge in [0.25, 0.3) is 0 Å². The zero-order valence-electron chi connectivity index (χ0n) is 11.8. The first-order valence-corrected chi connectivity index (χ1v) is 6.78. The van der Waals surface area contributed by atoms with Crippen LogP contribution in [0.1, 0.15) is 31.4 Å². The molecule has 0 atom stereocenters. The minimum absolute atomic E-state index is 0.609. The van der Waals surface area contributed by atoms with E-state index in [9.17, 15) is 0 Å². The zero-order chi connectivity index (χ0) is 13.2. The van der Waals surface area contributed by atoms with Gasteiger partial charge in [-0.05, 0) is 32.9 Å². The number of rotatable bonds is 9. The van der Waals surface area contributed by atoms with Crippen LogP contribution in [-0.2, 0) is 11.3 Å². The Morgan fingerprint density at radius 3 is 2.72 bits per heavy atom. The van der Waals surface area contributed by atoms with Crippen molar-refractivity contribution in [2.75, 3.05) is 26.4 Å². The molecular formula is C15H25NO2. The highest BCUT2D eigenvalue weighted by atomic mass is 16.5. The van der Waals surface area contributed by atoms with Gasteiger partial charge >= 0.3 is 0 Å². The summed E-state index contributed by atoms with van der Waals surface area (Å²) in [6, 6.07) is 6.31. The van der Waals surface area contributed by atoms with Gasteiger partial charge in [0.2, 0.25) is 0 Å². The molecule has 3 heteroatoms. The van der Waals surface area contributed by atoms with Gasteiger partial charge in [0, 0.05) is 18.7 Å². The summed E-state index contributed by atoms with van der Waals surface area (Å²) in [6.45, 7) is 10.2. The lowest BCUT2D eigenvalue weighted by Gasteiger charge is -2.13. The van der Waals surface area contributed by atoms with Gasteiger partial charge < -0.3 is 14.8 Å². The average molecular weight is 251 g/mol. The molecule has 0 spiro atoms. The van der Waals surface area contributed by atoms with E-state index in [1.54, 1.807) is 0 Å². The molecule has 0 aliphatic rings. The molecule has 0 aliphatic heterocycles. The molecule has 18 heavy (non-hydrogen) atoms. The zero-order valence-corrected chi connectivity index (χ0v) is 11.8. The first-order chi connectivity index (χ1) is 8.77. The highest BCUT2D eigenvalue weighted by molar-refractivity contribution is 5.36. The van der Waals surface area contributed by atoms with Crippen LogP contribution in [0.15, 0.2) is 18.2 Å². The lowest BCUT2D eigenvalue weighted by atomic mass is 10.1. The van der Waals surface area contributed by atoms with Crippen LogP contribution in [0.3, 0.4) is 0 Å². The molecule has 0 heterocycles. The largest absolute Gasteiger partial charge is 0.491 e. The molecule has 0 bridgehead atoms. The fourth-order valence-electron chi connectivity index (χ4n) is 1.74. The summed E-state index contributed by atoms with van der Waals surface area (Å²) in [4.78, 5) is 0. The van der Waals surface area contributed by atoms with Gasteiger partial charge in [-0.15, -0.1) is 0 Å². The first-order valence-electron chi connectivity index (χ1n) is 6.78. The maximum atomic E-state index is 5.76. The van der Waals surface area contributed by atoms with E-state index in [4.69, 9.17) is 9.47 Å². The van der Waals surface area contributed by atoms with E-state index < -0.39 is 0 Å². The Labute approximate surface area is 110 Å². The van der Waals surface area contributed by atoms with Gasteiger partial charge in [0.15, 0.2) is 0 Å². The van der Waals surface area contributed by atoms with Crippen LogP contribution >= 0.6 is 0 Å². The van der Waals surface area contributed by atoms with Crippen molar-refractivity contribution < 1.29 is 9.47 Å². The van der Waals surface area contributed by atoms with Gasteiger partial charge in [0.1, 0.15) is 12.4 Å². The number of aryl methyl sites for hydroxylation is 1. The van der Waals surface area contributed by atoms with Crippen molar-refractivity contribution in [3.8, 4) is 5.75 Å². The maximum Gasteiger partial charge on any atom is 0.123 e. The molecule has 0 aliphatic carbocycles. The Morgan fingerprint density at radius 1 is 1.17 bits per heavy atom. The minimum Gasteiger partial charge on any atom is -0.491 e. The Hall–Kier alpha value is -1.06. The van der Waals surface area contributed by atoms with Crippen LogP contribution in [0.25, 0.3) is 0 Å². The molecule has 0 saturated heterocycles. The molecule has 1 rings (SSSR count). The van der Waals surface area contributed by atoms with Crippen molar-refractivity contribution in [3.63, 3.8) is 0 Å². The lowest BCUT2D eigenvalue weighted by molar-refractivity contribution is 0.110. The van der Waals surface area contributed by atoms with E-state index >= 15 is 0 Å². The molecule has 0 saturated carbocycles. The van der Waals surface area contributed by atoms with Gasteiger partial charge in [-0.25, -0.2) is 0 Å². The van der Waals surface area contributed by atoms with Crippen LogP contribution in [-0.4, -0.2) is 26.4 Å². The van der Waals surface area contributed by atoms with Gasteiger partial charge in [-0.2, -0.15) is 0 Å². The Kier molecular flexibility index (Phi) is 7.46. The molecule has 0 amide bonds. The molecule has 1 aromatic rings. The summed E-state index contributed by atoms with van der Waals surface area (Å²) in [5, 5.41) is 3.41. The van der Waals surface area contributed by atoms with E-state index in [1.807, 2.05) is 13.0 Å². The average Bonchev–Trinajstić information content (AvgIpc) is 2.37. The van der Waals surface area contributed by atoms with E-state index in [1.165, 1.54) is 11.1 Å². The number of benzene rings is 1. The maximum absolute atomic E-state index is 5.76. The van der Waals surface area contributed by atoms with Crippen LogP contribution in [0.5, 0.6) is 5.75 Å². The van der Waals surface area contributed by atoms with Crippen LogP contribution < -0.4 is 10.1 Å². The SMILES string of the molecule is CCCNCc1cc(C)ccc1OCCOCC. The first kappa shape index (κ1) is 15.0. The summed E-state index contributed by atoms with van der Waals surface area (Å²) < 4.78 is 11.0. The second kappa shape index (κ2) is 8.95. The van der Waals surface area contributed by atoms with Crippen molar-refractivity contribution in [1.29, 1.82) is 0 Å². The fourth-order valence-corrected chi connectivity index (χ4v) is 1.74. The molecule has 0 fully saturated rings. The van der Waals surface area contributed by atoms with E-state index in [2.05, 4.69) is 31.3 Å². The van der Waals surface area contributed by atoms with Gasteiger partial charge in [0.05, 0.1) is 6.61 Å². The number of hydrogen-bond acceptors (Lipinski definition) is 3. The Balaban J connectivity index is 2.52. The monoisotopic (exact) mass is 251 g/mol. The van der Waals surface area contributed by atoms with E-state index in [0.717, 1.165) is 31.9 Å². The molecule has 3 nitrogen and oxygen atoms in total. The highest BCUT2D eigenvalue weighted by Crippen LogP contribution is 2.19. The van der Waals surface area contributed by atoms with Gasteiger partial charge in [-0.1, -0.05) is 24.6 Å². The second-order valence-electron chi connectivity index (χ2n) is 4.33. The summed E-state index contributed by atoms with van der Waals surface area (Å²) in [5.41, 5.74) is 2.49. The van der Waals surface area contributed by atoms with Crippen LogP contribution in [0, 0.1) is 6.92 Å². The van der Waals surface area contributed by atoms with Crippen LogP contribution in [0.4, 0.5) is 0 Å². The number of nitrogens with one attached hydrogen (secondary N) is 1. The third-order valence-corrected chi connectivity index (χ3v) is 2.65. The predicted molar refractivity (Wildman–Crippen MR) is 75.2 cm³/mol. The smallest absolute Gasteiger partial charge is 0.123 e. The van der Waals surface area contributed by atoms with Crippen molar-refractivity contribution in [3.05, 3.63) is 29.3 Å². The molecule has 1 aromatic carbocycles. The topological polar surface area (TPSA) is 30.5 Å². The quantitative estimate of drug-likeness (QED) is 0.685. The van der Waals surface area contributed by atoms with Crippen molar-refractivity contribution in [2.45, 2.75) is 33.7 Å². The third kappa shape index (κ3) is 5.52. The normalized spacial score (nSPS) is 10.6. The second-order valence-corrected chi connectivity index (χ2v) is 4.33. The van der Waals surface area contributed by atoms with Crippen molar-refractivity contribution >= 4 is 0 Å². The van der Waals surface area contributed by atoms with E-state index in [-0.39, 0.29) is 0 Å². The Bertz CT molecular complexity index is 339. The van der Waals surface area contributed by atoms with Crippen molar-refractivity contribution in [2.24, 2.45) is 0 Å². The van der Waals surface area contributed by atoms with E-state index in [0.29, 0.717) is 13.2 Å². The number of hydrogen-bond donors (Lipinski definition) is 1. The van der Waals surface area contributed by atoms with Crippen LogP contribution in [0.2, 0.25) is 0 Å². The highest BCUT2D eigenvalue weighted by Gasteiger charge is 2.03. The Morgan fingerprint density at radius 2 is 2.00 bits per heavy atom. The standard InChI is InChI=1S/C15H25NO2/c1-4-8-16-12-14-11-13(3)6-7-15(14)18-10-9-17-5-2/h6-7,11,16H,4-5,8-10,12H2,1-3H3. The summed E-state index contributed by atoms with van der Waals surface area (Å²) in [7, 11) is 0. The molecule has 102 valence electrons. The molecule has 0 unspecified atom stereocenters. The summed E-state index contributed by atoms with van der Waals surface area (Å²) in [6.07, 6.45) is 1.15. The molecule has 1 N–H and O–H groups in total. The molecule has 0 radical (unpaired) electrons. The fraction of sp³-hybridized carbons (Fsp3) is 0.600. The van der Waals surface area contributed by atoms with Gasteiger partial charge in [-0.3, -0.25) is 0 Å².